The summed E-state index contributed by atoms with van der Waals surface area (Å²) >= 11 is 0. The highest BCUT2D eigenvalue weighted by Gasteiger charge is 2.21. The van der Waals surface area contributed by atoms with E-state index in [0.717, 1.165) is 56.5 Å². The van der Waals surface area contributed by atoms with Crippen molar-refractivity contribution in [2.24, 2.45) is 4.99 Å². The smallest absolute Gasteiger partial charge is 0.191 e. The molecule has 1 aliphatic rings. The summed E-state index contributed by atoms with van der Waals surface area (Å²) in [5.74, 6) is 2.81. The predicted molar refractivity (Wildman–Crippen MR) is 113 cm³/mol. The summed E-state index contributed by atoms with van der Waals surface area (Å²) in [6, 6.07) is 11.4. The van der Waals surface area contributed by atoms with Crippen molar-refractivity contribution in [1.29, 1.82) is 0 Å². The number of rotatable bonds is 7. The quantitative estimate of drug-likeness (QED) is 0.565. The van der Waals surface area contributed by atoms with Gasteiger partial charge in [0.1, 0.15) is 11.6 Å². The van der Waals surface area contributed by atoms with Crippen LogP contribution in [0, 0.1) is 6.92 Å². The van der Waals surface area contributed by atoms with Gasteiger partial charge in [-0.1, -0.05) is 30.3 Å². The van der Waals surface area contributed by atoms with Crippen LogP contribution >= 0.6 is 0 Å². The van der Waals surface area contributed by atoms with Crippen molar-refractivity contribution in [1.82, 2.24) is 30.3 Å². The van der Waals surface area contributed by atoms with Gasteiger partial charge in [0.05, 0.1) is 6.54 Å². The topological polar surface area (TPSA) is 70.4 Å². The van der Waals surface area contributed by atoms with Crippen LogP contribution in [-0.4, -0.2) is 58.3 Å². The van der Waals surface area contributed by atoms with E-state index < -0.39 is 0 Å². The highest BCUT2D eigenvalue weighted by Crippen LogP contribution is 2.13. The van der Waals surface area contributed by atoms with Crippen molar-refractivity contribution >= 4 is 5.96 Å². The van der Waals surface area contributed by atoms with Crippen LogP contribution in [0.25, 0.3) is 0 Å². The molecule has 28 heavy (non-hydrogen) atoms. The molecule has 7 nitrogen and oxygen atoms in total. The molecule has 0 spiro atoms. The first-order valence-electron chi connectivity index (χ1n) is 10.2. The molecular weight excluding hydrogens is 350 g/mol. The SMILES string of the molecule is CN=C(NCCC(C)N(C)Cc1ccccc1)NC1CCc2nc(C)nn2C1. The zero-order valence-corrected chi connectivity index (χ0v) is 17.5. The number of benzene rings is 1. The molecule has 1 aromatic carbocycles. The molecule has 0 saturated heterocycles. The van der Waals surface area contributed by atoms with Crippen molar-refractivity contribution in [3.63, 3.8) is 0 Å². The third kappa shape index (κ3) is 5.55. The minimum Gasteiger partial charge on any atom is -0.356 e. The first-order valence-corrected chi connectivity index (χ1v) is 10.2. The second-order valence-corrected chi connectivity index (χ2v) is 7.67. The Kier molecular flexibility index (Phi) is 7.03. The highest BCUT2D eigenvalue weighted by molar-refractivity contribution is 5.79. The number of guanidine groups is 1. The van der Waals surface area contributed by atoms with Gasteiger partial charge in [-0.3, -0.25) is 9.89 Å². The van der Waals surface area contributed by atoms with Crippen molar-refractivity contribution in [3.8, 4) is 0 Å². The van der Waals surface area contributed by atoms with E-state index in [4.69, 9.17) is 0 Å². The molecule has 0 aliphatic carbocycles. The standard InChI is InChI=1S/C21H33N7/c1-16(27(4)14-18-8-6-5-7-9-18)12-13-23-21(22-3)25-19-10-11-20-24-17(2)26-28(20)15-19/h5-9,16,19H,10-15H2,1-4H3,(H2,22,23,25). The Morgan fingerprint density at radius 1 is 1.36 bits per heavy atom. The molecule has 3 rings (SSSR count). The van der Waals surface area contributed by atoms with E-state index in [-0.39, 0.29) is 0 Å². The monoisotopic (exact) mass is 383 g/mol. The number of aryl methyl sites for hydroxylation is 2. The van der Waals surface area contributed by atoms with Gasteiger partial charge < -0.3 is 10.6 Å². The van der Waals surface area contributed by atoms with E-state index in [2.05, 4.69) is 74.9 Å². The Morgan fingerprint density at radius 3 is 2.89 bits per heavy atom. The molecular formula is C21H33N7. The lowest BCUT2D eigenvalue weighted by atomic mass is 10.1. The number of aromatic nitrogens is 3. The van der Waals surface area contributed by atoms with Crippen LogP contribution in [0.3, 0.4) is 0 Å². The van der Waals surface area contributed by atoms with Gasteiger partial charge >= 0.3 is 0 Å². The minimum absolute atomic E-state index is 0.331. The fraction of sp³-hybridized carbons (Fsp3) is 0.571. The zero-order valence-electron chi connectivity index (χ0n) is 17.5. The third-order valence-corrected chi connectivity index (χ3v) is 5.41. The molecule has 1 aliphatic heterocycles. The lowest BCUT2D eigenvalue weighted by Gasteiger charge is -2.27. The molecule has 2 N–H and O–H groups in total. The Balaban J connectivity index is 1.40. The summed E-state index contributed by atoms with van der Waals surface area (Å²) < 4.78 is 2.02. The number of hydrogen-bond donors (Lipinski definition) is 2. The molecule has 7 heteroatoms. The molecule has 0 amide bonds. The number of hydrogen-bond acceptors (Lipinski definition) is 4. The second kappa shape index (κ2) is 9.68. The molecule has 0 bridgehead atoms. The van der Waals surface area contributed by atoms with Crippen LogP contribution in [0.4, 0.5) is 0 Å². The first-order chi connectivity index (χ1) is 13.5. The maximum atomic E-state index is 4.47. The Hall–Kier alpha value is -2.41. The van der Waals surface area contributed by atoms with E-state index >= 15 is 0 Å². The maximum Gasteiger partial charge on any atom is 0.191 e. The molecule has 0 fully saturated rings. The first kappa shape index (κ1) is 20.3. The van der Waals surface area contributed by atoms with Gasteiger partial charge in [-0.15, -0.1) is 0 Å². The molecule has 0 saturated carbocycles. The molecule has 1 aromatic heterocycles. The van der Waals surface area contributed by atoms with Crippen molar-refractivity contribution < 1.29 is 0 Å². The Bertz CT molecular complexity index is 768. The molecule has 2 aromatic rings. The van der Waals surface area contributed by atoms with Crippen LogP contribution in [0.1, 0.15) is 37.0 Å². The van der Waals surface area contributed by atoms with E-state index in [1.54, 1.807) is 0 Å². The zero-order chi connectivity index (χ0) is 19.9. The van der Waals surface area contributed by atoms with Gasteiger partial charge in [-0.2, -0.15) is 5.10 Å². The number of nitrogens with zero attached hydrogens (tertiary/aromatic N) is 5. The largest absolute Gasteiger partial charge is 0.356 e. The Labute approximate surface area is 168 Å². The summed E-state index contributed by atoms with van der Waals surface area (Å²) in [5.41, 5.74) is 1.35. The summed E-state index contributed by atoms with van der Waals surface area (Å²) in [4.78, 5) is 11.3. The molecule has 152 valence electrons. The molecule has 2 unspecified atom stereocenters. The van der Waals surface area contributed by atoms with Crippen LogP contribution in [0.5, 0.6) is 0 Å². The van der Waals surface area contributed by atoms with E-state index in [1.807, 2.05) is 18.7 Å². The van der Waals surface area contributed by atoms with Crippen molar-refractivity contribution in [2.45, 2.75) is 58.3 Å². The van der Waals surface area contributed by atoms with Crippen LogP contribution in [0.15, 0.2) is 35.3 Å². The van der Waals surface area contributed by atoms with Crippen LogP contribution in [0.2, 0.25) is 0 Å². The van der Waals surface area contributed by atoms with Crippen molar-refractivity contribution in [2.75, 3.05) is 20.6 Å². The number of nitrogens with one attached hydrogen (secondary N) is 2. The van der Waals surface area contributed by atoms with Gasteiger partial charge in [0.25, 0.3) is 0 Å². The lowest BCUT2D eigenvalue weighted by molar-refractivity contribution is 0.238. The van der Waals surface area contributed by atoms with Gasteiger partial charge in [0.2, 0.25) is 0 Å². The average molecular weight is 384 g/mol. The van der Waals surface area contributed by atoms with Gasteiger partial charge in [0.15, 0.2) is 5.96 Å². The second-order valence-electron chi connectivity index (χ2n) is 7.67. The van der Waals surface area contributed by atoms with Gasteiger partial charge in [-0.25, -0.2) is 9.67 Å². The van der Waals surface area contributed by atoms with E-state index in [9.17, 15) is 0 Å². The lowest BCUT2D eigenvalue weighted by Crippen LogP contribution is -2.47. The minimum atomic E-state index is 0.331. The Morgan fingerprint density at radius 2 is 2.14 bits per heavy atom. The summed E-state index contributed by atoms with van der Waals surface area (Å²) in [7, 11) is 4.01. The summed E-state index contributed by atoms with van der Waals surface area (Å²) in [5, 5.41) is 11.5. The summed E-state index contributed by atoms with van der Waals surface area (Å²) in [6.45, 7) is 6.92. The third-order valence-electron chi connectivity index (χ3n) is 5.41. The van der Waals surface area contributed by atoms with Crippen molar-refractivity contribution in [3.05, 3.63) is 47.5 Å². The van der Waals surface area contributed by atoms with Gasteiger partial charge in [-0.05, 0) is 39.3 Å². The van der Waals surface area contributed by atoms with Gasteiger partial charge in [0, 0.05) is 38.6 Å². The average Bonchev–Trinajstić information content (AvgIpc) is 3.07. The number of fused-ring (bicyclic) bond motifs is 1. The van der Waals surface area contributed by atoms with Crippen LogP contribution < -0.4 is 10.6 Å². The predicted octanol–water partition coefficient (Wildman–Crippen LogP) is 1.98. The molecule has 2 heterocycles. The summed E-state index contributed by atoms with van der Waals surface area (Å²) in [6.07, 6.45) is 3.06. The number of aliphatic imine (C=N–C) groups is 1. The molecule has 2 atom stereocenters. The fourth-order valence-corrected chi connectivity index (χ4v) is 3.59. The van der Waals surface area contributed by atoms with E-state index in [1.165, 1.54) is 5.56 Å². The fourth-order valence-electron chi connectivity index (χ4n) is 3.59. The maximum absolute atomic E-state index is 4.47. The van der Waals surface area contributed by atoms with E-state index in [0.29, 0.717) is 12.1 Å². The molecule has 0 radical (unpaired) electrons. The normalized spacial score (nSPS) is 18.0. The highest BCUT2D eigenvalue weighted by atomic mass is 15.4. The van der Waals surface area contributed by atoms with Crippen LogP contribution in [-0.2, 0) is 19.5 Å².